The van der Waals surface area contributed by atoms with Gasteiger partial charge in [-0.25, -0.2) is 4.98 Å². The predicted molar refractivity (Wildman–Crippen MR) is 66.4 cm³/mol. The summed E-state index contributed by atoms with van der Waals surface area (Å²) in [7, 11) is 0. The van der Waals surface area contributed by atoms with E-state index in [9.17, 15) is 4.79 Å². The molecular weight excluding hydrogens is 276 g/mol. The van der Waals surface area contributed by atoms with Gasteiger partial charge in [0.25, 0.3) is 0 Å². The first-order valence-electron chi connectivity index (χ1n) is 4.68. The molecule has 2 heterocycles. The number of aryl methyl sites for hydroxylation is 1. The van der Waals surface area contributed by atoms with E-state index in [0.717, 1.165) is 15.9 Å². The van der Waals surface area contributed by atoms with Gasteiger partial charge < -0.3 is 4.90 Å². The fourth-order valence-corrected chi connectivity index (χ4v) is 2.17. The van der Waals surface area contributed by atoms with Crippen molar-refractivity contribution in [3.8, 4) is 0 Å². The van der Waals surface area contributed by atoms with Gasteiger partial charge >= 0.3 is 0 Å². The molecule has 1 aromatic heterocycles. The standard InChI is InChI=1S/C10H11BrN2OS/c1-6-2-7(4-12-10(6)11)13-5-8(15)3-9(13)14/h2,4,8,15H,3,5H2,1H3. The minimum absolute atomic E-state index is 0.124. The van der Waals surface area contributed by atoms with E-state index < -0.39 is 0 Å². The normalized spacial score (nSPS) is 21.1. The molecule has 1 fully saturated rings. The van der Waals surface area contributed by atoms with Gasteiger partial charge in [-0.05, 0) is 34.5 Å². The van der Waals surface area contributed by atoms with Gasteiger partial charge in [0.1, 0.15) is 4.60 Å². The third-order valence-electron chi connectivity index (χ3n) is 2.42. The molecule has 0 aromatic carbocycles. The number of hydrogen-bond donors (Lipinski definition) is 1. The molecule has 0 saturated carbocycles. The zero-order valence-corrected chi connectivity index (χ0v) is 10.8. The Morgan fingerprint density at radius 3 is 2.93 bits per heavy atom. The summed E-state index contributed by atoms with van der Waals surface area (Å²) in [5, 5.41) is 0.140. The summed E-state index contributed by atoms with van der Waals surface area (Å²) in [5.41, 5.74) is 1.89. The largest absolute Gasteiger partial charge is 0.310 e. The van der Waals surface area contributed by atoms with Crippen molar-refractivity contribution in [1.82, 2.24) is 4.98 Å². The van der Waals surface area contributed by atoms with Crippen LogP contribution in [-0.2, 0) is 4.79 Å². The highest BCUT2D eigenvalue weighted by Crippen LogP contribution is 2.25. The lowest BCUT2D eigenvalue weighted by atomic mass is 10.3. The molecule has 1 atom stereocenters. The molecule has 1 aliphatic heterocycles. The van der Waals surface area contributed by atoms with E-state index >= 15 is 0 Å². The maximum atomic E-state index is 11.6. The fourth-order valence-electron chi connectivity index (χ4n) is 1.63. The number of halogens is 1. The van der Waals surface area contributed by atoms with Crippen LogP contribution in [0.3, 0.4) is 0 Å². The Morgan fingerprint density at radius 2 is 2.40 bits per heavy atom. The predicted octanol–water partition coefficient (Wildman–Crippen LogP) is 2.19. The number of anilines is 1. The Kier molecular flexibility index (Phi) is 3.02. The van der Waals surface area contributed by atoms with Gasteiger partial charge in [-0.15, -0.1) is 0 Å². The molecule has 1 unspecified atom stereocenters. The van der Waals surface area contributed by atoms with Crippen molar-refractivity contribution in [3.05, 3.63) is 22.4 Å². The van der Waals surface area contributed by atoms with Crippen LogP contribution in [0.4, 0.5) is 5.69 Å². The third-order valence-corrected chi connectivity index (χ3v) is 3.59. The van der Waals surface area contributed by atoms with Crippen molar-refractivity contribution in [2.75, 3.05) is 11.4 Å². The van der Waals surface area contributed by atoms with Crippen molar-refractivity contribution in [2.24, 2.45) is 0 Å². The highest BCUT2D eigenvalue weighted by Gasteiger charge is 2.28. The Bertz CT molecular complexity index is 410. The lowest BCUT2D eigenvalue weighted by Crippen LogP contribution is -2.24. The van der Waals surface area contributed by atoms with E-state index in [2.05, 4.69) is 33.5 Å². The molecule has 0 spiro atoms. The van der Waals surface area contributed by atoms with Crippen LogP contribution in [0.1, 0.15) is 12.0 Å². The molecule has 0 radical (unpaired) electrons. The minimum Gasteiger partial charge on any atom is -0.310 e. The molecular formula is C10H11BrN2OS. The van der Waals surface area contributed by atoms with Crippen LogP contribution in [0.2, 0.25) is 0 Å². The second-order valence-electron chi connectivity index (χ2n) is 3.66. The summed E-state index contributed by atoms with van der Waals surface area (Å²) in [4.78, 5) is 17.5. The summed E-state index contributed by atoms with van der Waals surface area (Å²) in [6.07, 6.45) is 2.22. The fraction of sp³-hybridized carbons (Fsp3) is 0.400. The van der Waals surface area contributed by atoms with Crippen LogP contribution in [0.25, 0.3) is 0 Å². The average molecular weight is 287 g/mol. The third kappa shape index (κ3) is 2.18. The van der Waals surface area contributed by atoms with Crippen molar-refractivity contribution >= 4 is 40.2 Å². The van der Waals surface area contributed by atoms with Crippen molar-refractivity contribution < 1.29 is 4.79 Å². The highest BCUT2D eigenvalue weighted by molar-refractivity contribution is 9.10. The second kappa shape index (κ2) is 4.14. The average Bonchev–Trinajstić information content (AvgIpc) is 2.50. The Balaban J connectivity index is 2.30. The number of aromatic nitrogens is 1. The first-order chi connectivity index (χ1) is 7.08. The Hall–Kier alpha value is -0.550. The van der Waals surface area contributed by atoms with Crippen LogP contribution in [0, 0.1) is 6.92 Å². The Labute approximate surface area is 102 Å². The van der Waals surface area contributed by atoms with Gasteiger partial charge in [-0.2, -0.15) is 12.6 Å². The van der Waals surface area contributed by atoms with Crippen LogP contribution >= 0.6 is 28.6 Å². The van der Waals surface area contributed by atoms with Crippen molar-refractivity contribution in [1.29, 1.82) is 0 Å². The topological polar surface area (TPSA) is 33.2 Å². The number of carbonyl (C=O) groups excluding carboxylic acids is 1. The lowest BCUT2D eigenvalue weighted by molar-refractivity contribution is -0.117. The highest BCUT2D eigenvalue weighted by atomic mass is 79.9. The quantitative estimate of drug-likeness (QED) is 0.634. The van der Waals surface area contributed by atoms with E-state index in [-0.39, 0.29) is 11.2 Å². The van der Waals surface area contributed by atoms with Gasteiger partial charge in [0, 0.05) is 18.2 Å². The number of pyridine rings is 1. The van der Waals surface area contributed by atoms with E-state index in [1.807, 2.05) is 13.0 Å². The molecule has 5 heteroatoms. The molecule has 80 valence electrons. The number of nitrogens with zero attached hydrogens (tertiary/aromatic N) is 2. The summed E-state index contributed by atoms with van der Waals surface area (Å²) >= 11 is 7.65. The van der Waals surface area contributed by atoms with Crippen LogP contribution in [0.5, 0.6) is 0 Å². The number of hydrogen-bond acceptors (Lipinski definition) is 3. The summed E-state index contributed by atoms with van der Waals surface area (Å²) in [5.74, 6) is 0.124. The van der Waals surface area contributed by atoms with E-state index in [4.69, 9.17) is 0 Å². The van der Waals surface area contributed by atoms with E-state index in [1.165, 1.54) is 0 Å². The van der Waals surface area contributed by atoms with E-state index in [0.29, 0.717) is 13.0 Å². The molecule has 2 rings (SSSR count). The SMILES string of the molecule is Cc1cc(N2CC(S)CC2=O)cnc1Br. The molecule has 3 nitrogen and oxygen atoms in total. The minimum atomic E-state index is 0.124. The monoisotopic (exact) mass is 286 g/mol. The number of carbonyl (C=O) groups is 1. The molecule has 1 amide bonds. The van der Waals surface area contributed by atoms with Gasteiger partial charge in [-0.3, -0.25) is 4.79 Å². The molecule has 0 bridgehead atoms. The zero-order chi connectivity index (χ0) is 11.0. The molecule has 0 aliphatic carbocycles. The number of amides is 1. The molecule has 15 heavy (non-hydrogen) atoms. The van der Waals surface area contributed by atoms with Crippen LogP contribution in [0.15, 0.2) is 16.9 Å². The van der Waals surface area contributed by atoms with Gasteiger partial charge in [0.05, 0.1) is 11.9 Å². The maximum absolute atomic E-state index is 11.6. The smallest absolute Gasteiger partial charge is 0.228 e. The number of thiol groups is 1. The first kappa shape index (κ1) is 11.0. The first-order valence-corrected chi connectivity index (χ1v) is 5.99. The van der Waals surface area contributed by atoms with Gasteiger partial charge in [-0.1, -0.05) is 0 Å². The summed E-state index contributed by atoms with van der Waals surface area (Å²) in [6.45, 7) is 2.63. The van der Waals surface area contributed by atoms with Gasteiger partial charge in [0.2, 0.25) is 5.91 Å². The van der Waals surface area contributed by atoms with E-state index in [1.54, 1.807) is 11.1 Å². The Morgan fingerprint density at radius 1 is 1.67 bits per heavy atom. The number of rotatable bonds is 1. The van der Waals surface area contributed by atoms with Crippen molar-refractivity contribution in [3.63, 3.8) is 0 Å². The van der Waals surface area contributed by atoms with Crippen molar-refractivity contribution in [2.45, 2.75) is 18.6 Å². The molecule has 0 N–H and O–H groups in total. The van der Waals surface area contributed by atoms with Crippen LogP contribution < -0.4 is 4.90 Å². The maximum Gasteiger partial charge on any atom is 0.228 e. The zero-order valence-electron chi connectivity index (χ0n) is 8.27. The molecule has 1 saturated heterocycles. The molecule has 1 aliphatic rings. The molecule has 1 aromatic rings. The van der Waals surface area contributed by atoms with Crippen LogP contribution in [-0.4, -0.2) is 22.7 Å². The van der Waals surface area contributed by atoms with Gasteiger partial charge in [0.15, 0.2) is 0 Å². The lowest BCUT2D eigenvalue weighted by Gasteiger charge is -2.16. The second-order valence-corrected chi connectivity index (χ2v) is 5.14. The summed E-state index contributed by atoms with van der Waals surface area (Å²) in [6, 6.07) is 1.96. The summed E-state index contributed by atoms with van der Waals surface area (Å²) < 4.78 is 0.820.